The SMILES string of the molecule is Cc1cc(Oc2cccnc2C)ccc1CNC1CC1. The molecule has 1 heterocycles. The quantitative estimate of drug-likeness (QED) is 0.897. The van der Waals surface area contributed by atoms with Crippen LogP contribution in [0.4, 0.5) is 0 Å². The largest absolute Gasteiger partial charge is 0.455 e. The number of rotatable bonds is 5. The van der Waals surface area contributed by atoms with Gasteiger partial charge < -0.3 is 10.1 Å². The van der Waals surface area contributed by atoms with Crippen molar-refractivity contribution in [1.29, 1.82) is 0 Å². The van der Waals surface area contributed by atoms with Crippen molar-refractivity contribution >= 4 is 0 Å². The van der Waals surface area contributed by atoms with Gasteiger partial charge in [0.15, 0.2) is 0 Å². The minimum atomic E-state index is 0.739. The summed E-state index contributed by atoms with van der Waals surface area (Å²) >= 11 is 0. The molecule has 0 radical (unpaired) electrons. The van der Waals surface area contributed by atoms with Gasteiger partial charge in [-0.15, -0.1) is 0 Å². The van der Waals surface area contributed by atoms with E-state index in [9.17, 15) is 0 Å². The number of nitrogens with one attached hydrogen (secondary N) is 1. The minimum Gasteiger partial charge on any atom is -0.455 e. The molecule has 20 heavy (non-hydrogen) atoms. The first-order valence-electron chi connectivity index (χ1n) is 7.15. The van der Waals surface area contributed by atoms with Crippen molar-refractivity contribution in [2.45, 2.75) is 39.3 Å². The first-order valence-corrected chi connectivity index (χ1v) is 7.15. The third-order valence-corrected chi connectivity index (χ3v) is 3.66. The van der Waals surface area contributed by atoms with Crippen molar-refractivity contribution in [3.63, 3.8) is 0 Å². The smallest absolute Gasteiger partial charge is 0.148 e. The second-order valence-electron chi connectivity index (χ2n) is 5.43. The van der Waals surface area contributed by atoms with E-state index in [2.05, 4.69) is 29.4 Å². The van der Waals surface area contributed by atoms with Crippen LogP contribution in [0.1, 0.15) is 29.7 Å². The third kappa shape index (κ3) is 3.17. The van der Waals surface area contributed by atoms with E-state index >= 15 is 0 Å². The number of aromatic nitrogens is 1. The molecule has 1 saturated carbocycles. The lowest BCUT2D eigenvalue weighted by Crippen LogP contribution is -2.15. The Labute approximate surface area is 120 Å². The molecule has 0 spiro atoms. The topological polar surface area (TPSA) is 34.1 Å². The molecule has 0 atom stereocenters. The Bertz CT molecular complexity index is 606. The summed E-state index contributed by atoms with van der Waals surface area (Å²) in [4.78, 5) is 4.24. The van der Waals surface area contributed by atoms with Crippen LogP contribution in [0.3, 0.4) is 0 Å². The fraction of sp³-hybridized carbons (Fsp3) is 0.353. The Morgan fingerprint density at radius 2 is 2.10 bits per heavy atom. The summed E-state index contributed by atoms with van der Waals surface area (Å²) in [6.45, 7) is 5.03. The summed E-state index contributed by atoms with van der Waals surface area (Å²) in [5.74, 6) is 1.68. The molecular weight excluding hydrogens is 248 g/mol. The standard InChI is InChI=1S/C17H20N2O/c1-12-10-16(20-17-4-3-9-18-13(17)2)8-5-14(12)11-19-15-6-7-15/h3-5,8-10,15,19H,6-7,11H2,1-2H3. The Morgan fingerprint density at radius 3 is 2.80 bits per heavy atom. The van der Waals surface area contributed by atoms with Gasteiger partial charge in [0, 0.05) is 18.8 Å². The number of ether oxygens (including phenoxy) is 1. The molecule has 1 aromatic carbocycles. The van der Waals surface area contributed by atoms with Crippen LogP contribution >= 0.6 is 0 Å². The maximum atomic E-state index is 5.90. The van der Waals surface area contributed by atoms with E-state index in [0.29, 0.717) is 0 Å². The molecule has 3 rings (SSSR count). The average molecular weight is 268 g/mol. The molecule has 3 nitrogen and oxygen atoms in total. The van der Waals surface area contributed by atoms with Crippen molar-refractivity contribution < 1.29 is 4.74 Å². The van der Waals surface area contributed by atoms with E-state index in [1.165, 1.54) is 24.0 Å². The summed E-state index contributed by atoms with van der Waals surface area (Å²) < 4.78 is 5.90. The van der Waals surface area contributed by atoms with Crippen molar-refractivity contribution in [3.8, 4) is 11.5 Å². The van der Waals surface area contributed by atoms with Gasteiger partial charge in [-0.05, 0) is 62.1 Å². The molecule has 1 aliphatic rings. The van der Waals surface area contributed by atoms with Crippen molar-refractivity contribution in [2.24, 2.45) is 0 Å². The lowest BCUT2D eigenvalue weighted by molar-refractivity contribution is 0.475. The van der Waals surface area contributed by atoms with Crippen LogP contribution in [0.15, 0.2) is 36.5 Å². The normalized spacial score (nSPS) is 14.3. The van der Waals surface area contributed by atoms with Gasteiger partial charge in [-0.1, -0.05) is 6.07 Å². The van der Waals surface area contributed by atoms with Crippen LogP contribution in [0.25, 0.3) is 0 Å². The lowest BCUT2D eigenvalue weighted by atomic mass is 10.1. The van der Waals surface area contributed by atoms with Gasteiger partial charge in [0.05, 0.1) is 5.69 Å². The van der Waals surface area contributed by atoms with Crippen LogP contribution < -0.4 is 10.1 Å². The summed E-state index contributed by atoms with van der Waals surface area (Å²) in [5, 5.41) is 3.54. The van der Waals surface area contributed by atoms with Crippen molar-refractivity contribution in [2.75, 3.05) is 0 Å². The van der Waals surface area contributed by atoms with Gasteiger partial charge in [0.25, 0.3) is 0 Å². The molecule has 1 N–H and O–H groups in total. The van der Waals surface area contributed by atoms with E-state index in [4.69, 9.17) is 4.74 Å². The van der Waals surface area contributed by atoms with Gasteiger partial charge in [0.1, 0.15) is 11.5 Å². The number of benzene rings is 1. The average Bonchev–Trinajstić information content (AvgIpc) is 3.25. The van der Waals surface area contributed by atoms with E-state index in [1.807, 2.05) is 25.1 Å². The molecule has 0 bridgehead atoms. The Morgan fingerprint density at radius 1 is 1.25 bits per heavy atom. The first-order chi connectivity index (χ1) is 9.72. The van der Waals surface area contributed by atoms with Gasteiger partial charge in [-0.2, -0.15) is 0 Å². The maximum absolute atomic E-state index is 5.90. The molecule has 1 fully saturated rings. The second-order valence-corrected chi connectivity index (χ2v) is 5.43. The van der Waals surface area contributed by atoms with Crippen LogP contribution in [0.2, 0.25) is 0 Å². The molecule has 2 aromatic rings. The monoisotopic (exact) mass is 268 g/mol. The Balaban J connectivity index is 1.71. The molecule has 0 aliphatic heterocycles. The fourth-order valence-electron chi connectivity index (χ4n) is 2.18. The second kappa shape index (κ2) is 5.63. The molecule has 3 heteroatoms. The third-order valence-electron chi connectivity index (χ3n) is 3.66. The van der Waals surface area contributed by atoms with Crippen LogP contribution in [0, 0.1) is 13.8 Å². The predicted molar refractivity (Wildman–Crippen MR) is 80.1 cm³/mol. The predicted octanol–water partition coefficient (Wildman–Crippen LogP) is 3.74. The van der Waals surface area contributed by atoms with Crippen LogP contribution in [-0.2, 0) is 6.54 Å². The number of pyridine rings is 1. The molecule has 1 aromatic heterocycles. The summed E-state index contributed by atoms with van der Waals surface area (Å²) in [6.07, 6.45) is 4.42. The molecule has 0 saturated heterocycles. The van der Waals surface area contributed by atoms with Crippen molar-refractivity contribution in [1.82, 2.24) is 10.3 Å². The zero-order chi connectivity index (χ0) is 13.9. The van der Waals surface area contributed by atoms with Gasteiger partial charge in [-0.25, -0.2) is 0 Å². The number of nitrogens with zero attached hydrogens (tertiary/aromatic N) is 1. The van der Waals surface area contributed by atoms with E-state index in [0.717, 1.165) is 29.8 Å². The van der Waals surface area contributed by atoms with E-state index < -0.39 is 0 Å². The number of hydrogen-bond donors (Lipinski definition) is 1. The summed E-state index contributed by atoms with van der Waals surface area (Å²) in [6, 6.07) is 10.8. The lowest BCUT2D eigenvalue weighted by Gasteiger charge is -2.11. The molecule has 104 valence electrons. The van der Waals surface area contributed by atoms with Gasteiger partial charge >= 0.3 is 0 Å². The van der Waals surface area contributed by atoms with E-state index in [1.54, 1.807) is 6.20 Å². The van der Waals surface area contributed by atoms with Crippen LogP contribution in [0.5, 0.6) is 11.5 Å². The highest BCUT2D eigenvalue weighted by atomic mass is 16.5. The molecule has 0 unspecified atom stereocenters. The van der Waals surface area contributed by atoms with Gasteiger partial charge in [-0.3, -0.25) is 4.98 Å². The zero-order valence-electron chi connectivity index (χ0n) is 12.0. The maximum Gasteiger partial charge on any atom is 0.148 e. The fourth-order valence-corrected chi connectivity index (χ4v) is 2.18. The summed E-state index contributed by atoms with van der Waals surface area (Å²) in [5.41, 5.74) is 3.51. The minimum absolute atomic E-state index is 0.739. The Kier molecular flexibility index (Phi) is 3.70. The molecular formula is C17H20N2O. The highest BCUT2D eigenvalue weighted by Gasteiger charge is 2.20. The Hall–Kier alpha value is -1.87. The number of aryl methyl sites for hydroxylation is 2. The zero-order valence-corrected chi connectivity index (χ0v) is 12.0. The number of hydrogen-bond acceptors (Lipinski definition) is 3. The van der Waals surface area contributed by atoms with Crippen LogP contribution in [-0.4, -0.2) is 11.0 Å². The molecule has 0 amide bonds. The van der Waals surface area contributed by atoms with Gasteiger partial charge in [0.2, 0.25) is 0 Å². The summed E-state index contributed by atoms with van der Waals surface area (Å²) in [7, 11) is 0. The first kappa shape index (κ1) is 13.1. The molecule has 1 aliphatic carbocycles. The van der Waals surface area contributed by atoms with E-state index in [-0.39, 0.29) is 0 Å². The van der Waals surface area contributed by atoms with Crippen molar-refractivity contribution in [3.05, 3.63) is 53.3 Å². The highest BCUT2D eigenvalue weighted by Crippen LogP contribution is 2.26. The highest BCUT2D eigenvalue weighted by molar-refractivity contribution is 5.38.